The Labute approximate surface area is 140 Å². The van der Waals surface area contributed by atoms with Crippen LogP contribution in [0.1, 0.15) is 43.7 Å². The fourth-order valence-corrected chi connectivity index (χ4v) is 5.01. The van der Waals surface area contributed by atoms with Crippen LogP contribution >= 0.6 is 0 Å². The van der Waals surface area contributed by atoms with Gasteiger partial charge in [-0.15, -0.1) is 0 Å². The summed E-state index contributed by atoms with van der Waals surface area (Å²) in [5.41, 5.74) is 4.38. The van der Waals surface area contributed by atoms with E-state index in [0.717, 1.165) is 31.4 Å². The summed E-state index contributed by atoms with van der Waals surface area (Å²) < 4.78 is 65.9. The van der Waals surface area contributed by atoms with Gasteiger partial charge in [0, 0.05) is 12.1 Å². The van der Waals surface area contributed by atoms with Crippen LogP contribution in [-0.2, 0) is 22.0 Å². The minimum atomic E-state index is -4.50. The highest BCUT2D eigenvalue weighted by Gasteiger charge is 2.40. The van der Waals surface area contributed by atoms with Crippen LogP contribution < -0.4 is 10.5 Å². The van der Waals surface area contributed by atoms with Crippen molar-refractivity contribution in [2.75, 3.05) is 6.54 Å². The van der Waals surface area contributed by atoms with Crippen molar-refractivity contribution in [2.24, 2.45) is 11.7 Å². The zero-order valence-corrected chi connectivity index (χ0v) is 14.4. The van der Waals surface area contributed by atoms with E-state index in [9.17, 15) is 21.6 Å². The average molecular weight is 364 g/mol. The van der Waals surface area contributed by atoms with Crippen molar-refractivity contribution >= 4 is 10.0 Å². The smallest absolute Gasteiger partial charge is 0.329 e. The first-order valence-corrected chi connectivity index (χ1v) is 9.61. The normalized spacial score (nSPS) is 25.6. The summed E-state index contributed by atoms with van der Waals surface area (Å²) in [6, 6.07) is 4.40. The summed E-state index contributed by atoms with van der Waals surface area (Å²) in [6.45, 7) is 2.13. The van der Waals surface area contributed by atoms with Gasteiger partial charge in [-0.1, -0.05) is 38.0 Å². The summed E-state index contributed by atoms with van der Waals surface area (Å²) in [4.78, 5) is 0. The van der Waals surface area contributed by atoms with E-state index >= 15 is 0 Å². The molecule has 2 atom stereocenters. The van der Waals surface area contributed by atoms with Crippen LogP contribution in [0.25, 0.3) is 0 Å². The van der Waals surface area contributed by atoms with Gasteiger partial charge in [0.1, 0.15) is 0 Å². The molecule has 8 heteroatoms. The number of halogens is 3. The summed E-state index contributed by atoms with van der Waals surface area (Å²) in [6.07, 6.45) is -1.06. The van der Waals surface area contributed by atoms with Crippen molar-refractivity contribution in [3.63, 3.8) is 0 Å². The topological polar surface area (TPSA) is 72.2 Å². The third-order valence-corrected chi connectivity index (χ3v) is 6.22. The fourth-order valence-electron chi connectivity index (χ4n) is 3.31. The zero-order chi connectivity index (χ0) is 18.0. The molecular weight excluding hydrogens is 341 g/mol. The maximum Gasteiger partial charge on any atom is 0.416 e. The lowest BCUT2D eigenvalue weighted by molar-refractivity contribution is -0.137. The molecule has 0 spiro atoms. The Kier molecular flexibility index (Phi) is 5.61. The number of rotatable bonds is 5. The Morgan fingerprint density at radius 1 is 1.33 bits per heavy atom. The molecule has 0 saturated heterocycles. The first kappa shape index (κ1) is 19.2. The minimum Gasteiger partial charge on any atom is -0.329 e. The van der Waals surface area contributed by atoms with Crippen molar-refractivity contribution in [1.82, 2.24) is 4.72 Å². The van der Waals surface area contributed by atoms with Gasteiger partial charge in [-0.3, -0.25) is 0 Å². The Morgan fingerprint density at radius 3 is 2.62 bits per heavy atom. The van der Waals surface area contributed by atoms with Gasteiger partial charge in [-0.05, 0) is 30.4 Å². The minimum absolute atomic E-state index is 0.0903. The van der Waals surface area contributed by atoms with E-state index in [-0.39, 0.29) is 18.0 Å². The summed E-state index contributed by atoms with van der Waals surface area (Å²) in [7, 11) is -3.80. The van der Waals surface area contributed by atoms with Gasteiger partial charge in [-0.25, -0.2) is 13.1 Å². The molecule has 24 heavy (non-hydrogen) atoms. The van der Waals surface area contributed by atoms with Crippen LogP contribution in [-0.4, -0.2) is 20.5 Å². The molecule has 2 unspecified atom stereocenters. The fraction of sp³-hybridized carbons (Fsp3) is 0.625. The number of alkyl halides is 3. The lowest BCUT2D eigenvalue weighted by Crippen LogP contribution is -2.59. The molecule has 2 rings (SSSR count). The molecule has 0 amide bonds. The van der Waals surface area contributed by atoms with Crippen molar-refractivity contribution in [1.29, 1.82) is 0 Å². The first-order chi connectivity index (χ1) is 11.1. The highest BCUT2D eigenvalue weighted by molar-refractivity contribution is 7.88. The Morgan fingerprint density at radius 2 is 2.04 bits per heavy atom. The molecule has 3 N–H and O–H groups in total. The molecule has 1 aromatic carbocycles. The van der Waals surface area contributed by atoms with Crippen molar-refractivity contribution in [3.05, 3.63) is 35.4 Å². The largest absolute Gasteiger partial charge is 0.416 e. The van der Waals surface area contributed by atoms with Crippen LogP contribution in [0, 0.1) is 5.92 Å². The predicted molar refractivity (Wildman–Crippen MR) is 86.6 cm³/mol. The number of nitrogens with two attached hydrogens (primary N) is 1. The van der Waals surface area contributed by atoms with Gasteiger partial charge in [0.05, 0.1) is 11.3 Å². The summed E-state index contributed by atoms with van der Waals surface area (Å²) >= 11 is 0. The second-order valence-electron chi connectivity index (χ2n) is 6.57. The second kappa shape index (κ2) is 7.01. The van der Waals surface area contributed by atoms with Gasteiger partial charge in [-0.2, -0.15) is 13.2 Å². The first-order valence-electron chi connectivity index (χ1n) is 7.96. The number of nitrogens with one attached hydrogen (secondary N) is 1. The molecule has 1 fully saturated rings. The second-order valence-corrected chi connectivity index (χ2v) is 8.29. The van der Waals surface area contributed by atoms with Crippen molar-refractivity contribution in [2.45, 2.75) is 50.1 Å². The van der Waals surface area contributed by atoms with Gasteiger partial charge in [0.25, 0.3) is 0 Å². The molecule has 0 aromatic heterocycles. The van der Waals surface area contributed by atoms with Crippen LogP contribution in [0.5, 0.6) is 0 Å². The molecule has 0 heterocycles. The van der Waals surface area contributed by atoms with Crippen LogP contribution in [0.2, 0.25) is 0 Å². The lowest BCUT2D eigenvalue weighted by atomic mass is 9.74. The average Bonchev–Trinajstić information content (AvgIpc) is 2.48. The summed E-state index contributed by atoms with van der Waals surface area (Å²) in [5, 5.41) is 0. The maximum absolute atomic E-state index is 12.8. The predicted octanol–water partition coefficient (Wildman–Crippen LogP) is 3.03. The van der Waals surface area contributed by atoms with E-state index in [4.69, 9.17) is 5.73 Å². The standard InChI is InChI=1S/C16H23F3N2O2S/c1-12-5-2-3-8-15(12,11-20)21-24(22,23)10-13-6-4-7-14(9-13)16(17,18)19/h4,6-7,9,12,21H,2-3,5,8,10-11,20H2,1H3. The van der Waals surface area contributed by atoms with Crippen LogP contribution in [0.4, 0.5) is 13.2 Å². The summed E-state index contributed by atoms with van der Waals surface area (Å²) in [5.74, 6) is -0.404. The zero-order valence-electron chi connectivity index (χ0n) is 13.6. The maximum atomic E-state index is 12.8. The van der Waals surface area contributed by atoms with Gasteiger partial charge in [0.15, 0.2) is 0 Å². The molecular formula is C16H23F3N2O2S. The Balaban J connectivity index is 2.19. The van der Waals surface area contributed by atoms with Crippen LogP contribution in [0.3, 0.4) is 0 Å². The highest BCUT2D eigenvalue weighted by atomic mass is 32.2. The third-order valence-electron chi connectivity index (χ3n) is 4.79. The lowest BCUT2D eigenvalue weighted by Gasteiger charge is -2.42. The van der Waals surface area contributed by atoms with E-state index in [1.165, 1.54) is 12.1 Å². The molecule has 0 aliphatic heterocycles. The van der Waals surface area contributed by atoms with Gasteiger partial charge in [0.2, 0.25) is 10.0 Å². The van der Waals surface area contributed by atoms with Crippen molar-refractivity contribution in [3.8, 4) is 0 Å². The highest BCUT2D eigenvalue weighted by Crippen LogP contribution is 2.34. The number of hydrogen-bond acceptors (Lipinski definition) is 3. The molecule has 1 aliphatic carbocycles. The van der Waals surface area contributed by atoms with Gasteiger partial charge < -0.3 is 5.73 Å². The molecule has 0 bridgehead atoms. The van der Waals surface area contributed by atoms with Crippen molar-refractivity contribution < 1.29 is 21.6 Å². The van der Waals surface area contributed by atoms with Crippen LogP contribution in [0.15, 0.2) is 24.3 Å². The Bertz CT molecular complexity index is 676. The number of hydrogen-bond donors (Lipinski definition) is 2. The molecule has 0 radical (unpaired) electrons. The van der Waals surface area contributed by atoms with E-state index < -0.39 is 33.1 Å². The molecule has 1 saturated carbocycles. The van der Waals surface area contributed by atoms with E-state index in [2.05, 4.69) is 4.72 Å². The monoisotopic (exact) mass is 364 g/mol. The number of sulfonamides is 1. The number of benzene rings is 1. The SMILES string of the molecule is CC1CCCCC1(CN)NS(=O)(=O)Cc1cccc(C(F)(F)F)c1. The van der Waals surface area contributed by atoms with E-state index in [1.807, 2.05) is 6.92 Å². The molecule has 136 valence electrons. The molecule has 1 aliphatic rings. The molecule has 4 nitrogen and oxygen atoms in total. The van der Waals surface area contributed by atoms with Gasteiger partial charge >= 0.3 is 6.18 Å². The third kappa shape index (κ3) is 4.49. The van der Waals surface area contributed by atoms with E-state index in [0.29, 0.717) is 6.42 Å². The quantitative estimate of drug-likeness (QED) is 0.844. The molecule has 1 aromatic rings. The van der Waals surface area contributed by atoms with E-state index in [1.54, 1.807) is 0 Å². The Hall–Kier alpha value is -1.12.